The Bertz CT molecular complexity index is 1340. The zero-order valence-electron chi connectivity index (χ0n) is 22.8. The molecule has 3 aromatic rings. The Kier molecular flexibility index (Phi) is 11.0. The topological polar surface area (TPSA) is 109 Å². The van der Waals surface area contributed by atoms with Gasteiger partial charge in [-0.2, -0.15) is 12.7 Å². The van der Waals surface area contributed by atoms with E-state index in [1.807, 2.05) is 47.2 Å². The number of carbonyl (C=O) groups is 2. The van der Waals surface area contributed by atoms with Crippen molar-refractivity contribution < 1.29 is 22.7 Å². The van der Waals surface area contributed by atoms with Gasteiger partial charge in [-0.15, -0.1) is 11.3 Å². The lowest BCUT2D eigenvalue weighted by Crippen LogP contribution is -2.39. The summed E-state index contributed by atoms with van der Waals surface area (Å²) < 4.78 is 32.3. The zero-order chi connectivity index (χ0) is 28.4. The van der Waals surface area contributed by atoms with Crippen LogP contribution in [0.2, 0.25) is 0 Å². The van der Waals surface area contributed by atoms with Crippen LogP contribution in [0.5, 0.6) is 5.75 Å². The van der Waals surface area contributed by atoms with Gasteiger partial charge in [-0.1, -0.05) is 42.5 Å². The number of benzene rings is 2. The van der Waals surface area contributed by atoms with Crippen molar-refractivity contribution in [2.45, 2.75) is 45.6 Å². The zero-order valence-corrected chi connectivity index (χ0v) is 24.5. The molecule has 0 atom stereocenters. The second kappa shape index (κ2) is 14.2. The summed E-state index contributed by atoms with van der Waals surface area (Å²) in [7, 11) is 0.363. The first-order chi connectivity index (χ1) is 18.6. The highest BCUT2D eigenvalue weighted by Crippen LogP contribution is 2.21. The molecule has 0 unspecified atom stereocenters. The molecule has 9 nitrogen and oxygen atoms in total. The summed E-state index contributed by atoms with van der Waals surface area (Å²) in [5.41, 5.74) is 2.39. The first-order valence-corrected chi connectivity index (χ1v) is 15.0. The van der Waals surface area contributed by atoms with E-state index in [1.54, 1.807) is 18.9 Å². The molecule has 0 spiro atoms. The second-order valence-corrected chi connectivity index (χ2v) is 12.5. The minimum absolute atomic E-state index is 0.0191. The molecule has 2 aromatic carbocycles. The molecule has 0 aliphatic heterocycles. The molecule has 3 rings (SSSR count). The van der Waals surface area contributed by atoms with Gasteiger partial charge in [-0.25, -0.2) is 9.71 Å². The Morgan fingerprint density at radius 2 is 1.62 bits per heavy atom. The van der Waals surface area contributed by atoms with E-state index >= 15 is 0 Å². The van der Waals surface area contributed by atoms with Gasteiger partial charge in [0.05, 0.1) is 13.7 Å². The highest BCUT2D eigenvalue weighted by Gasteiger charge is 2.24. The quantitative estimate of drug-likeness (QED) is 0.313. The number of carbonyl (C=O) groups excluding carboxylic acids is 2. The Hall–Kier alpha value is -3.28. The molecule has 0 radical (unpaired) electrons. The molecule has 0 fully saturated rings. The lowest BCUT2D eigenvalue weighted by atomic mass is 10.1. The Morgan fingerprint density at radius 1 is 0.974 bits per heavy atom. The predicted molar refractivity (Wildman–Crippen MR) is 153 cm³/mol. The van der Waals surface area contributed by atoms with E-state index in [4.69, 9.17) is 4.74 Å². The standard InChI is InChI=1S/C28H36N4O5S2/c1-21-27(28(34)30-39(35,36)31(2)3)29-25(38-21)20-32(19-9-13-22-10-6-5-7-11-22)26(33)14-8-12-23-15-17-24(37-4)18-16-23/h5-7,10-11,15-18H,8-9,12-14,19-20H2,1-4H3,(H,30,34). The minimum Gasteiger partial charge on any atom is -0.497 e. The molecule has 39 heavy (non-hydrogen) atoms. The van der Waals surface area contributed by atoms with Crippen LogP contribution in [-0.4, -0.2) is 62.2 Å². The Morgan fingerprint density at radius 3 is 2.26 bits per heavy atom. The van der Waals surface area contributed by atoms with Crippen molar-refractivity contribution in [2.75, 3.05) is 27.7 Å². The molecule has 0 aliphatic rings. The largest absolute Gasteiger partial charge is 0.497 e. The maximum Gasteiger partial charge on any atom is 0.303 e. The van der Waals surface area contributed by atoms with Crippen molar-refractivity contribution in [2.24, 2.45) is 0 Å². The number of thiazole rings is 1. The third kappa shape index (κ3) is 9.15. The van der Waals surface area contributed by atoms with E-state index in [1.165, 1.54) is 31.0 Å². The van der Waals surface area contributed by atoms with Crippen molar-refractivity contribution in [3.05, 3.63) is 81.3 Å². The first-order valence-electron chi connectivity index (χ1n) is 12.7. The molecule has 0 bridgehead atoms. The monoisotopic (exact) mass is 572 g/mol. The number of rotatable bonds is 14. The van der Waals surface area contributed by atoms with Gasteiger partial charge >= 0.3 is 10.2 Å². The minimum atomic E-state index is -3.94. The number of ether oxygens (including phenoxy) is 1. The molecule has 11 heteroatoms. The first kappa shape index (κ1) is 30.3. The number of aromatic nitrogens is 1. The molecule has 1 aromatic heterocycles. The molecule has 1 heterocycles. The highest BCUT2D eigenvalue weighted by atomic mass is 32.2. The fourth-order valence-electron chi connectivity index (χ4n) is 3.95. The number of nitrogens with zero attached hydrogens (tertiary/aromatic N) is 3. The number of amides is 2. The van der Waals surface area contributed by atoms with Gasteiger partial charge in [0.1, 0.15) is 16.5 Å². The number of nitrogens with one attached hydrogen (secondary N) is 1. The van der Waals surface area contributed by atoms with Crippen LogP contribution >= 0.6 is 11.3 Å². The van der Waals surface area contributed by atoms with E-state index < -0.39 is 16.1 Å². The third-order valence-corrected chi connectivity index (χ3v) is 8.55. The summed E-state index contributed by atoms with van der Waals surface area (Å²) in [6, 6.07) is 17.9. The summed E-state index contributed by atoms with van der Waals surface area (Å²) in [4.78, 5) is 32.7. The third-order valence-electron chi connectivity index (χ3n) is 6.19. The highest BCUT2D eigenvalue weighted by molar-refractivity contribution is 7.87. The Balaban J connectivity index is 1.67. The van der Waals surface area contributed by atoms with Gasteiger partial charge < -0.3 is 9.64 Å². The van der Waals surface area contributed by atoms with E-state index in [2.05, 4.69) is 17.1 Å². The fraction of sp³-hybridized carbons (Fsp3) is 0.393. The normalized spacial score (nSPS) is 11.4. The number of methoxy groups -OCH3 is 1. The predicted octanol–water partition coefficient (Wildman–Crippen LogP) is 3.98. The SMILES string of the molecule is COc1ccc(CCCC(=O)N(CCCc2ccccc2)Cc2nc(C(=O)NS(=O)(=O)N(C)C)c(C)s2)cc1. The summed E-state index contributed by atoms with van der Waals surface area (Å²) in [6.07, 6.45) is 3.48. The van der Waals surface area contributed by atoms with E-state index in [0.717, 1.165) is 34.9 Å². The van der Waals surface area contributed by atoms with Crippen molar-refractivity contribution in [3.63, 3.8) is 0 Å². The van der Waals surface area contributed by atoms with Gasteiger partial charge in [0.2, 0.25) is 5.91 Å². The van der Waals surface area contributed by atoms with Crippen LogP contribution in [0.15, 0.2) is 54.6 Å². The van der Waals surface area contributed by atoms with Crippen LogP contribution in [0.4, 0.5) is 0 Å². The van der Waals surface area contributed by atoms with E-state index in [9.17, 15) is 18.0 Å². The lowest BCUT2D eigenvalue weighted by Gasteiger charge is -2.22. The maximum atomic E-state index is 13.3. The van der Waals surface area contributed by atoms with E-state index in [-0.39, 0.29) is 18.1 Å². The molecule has 0 aliphatic carbocycles. The average molecular weight is 573 g/mol. The maximum absolute atomic E-state index is 13.3. The summed E-state index contributed by atoms with van der Waals surface area (Å²) in [5.74, 6) is 0.0290. The van der Waals surface area contributed by atoms with Crippen molar-refractivity contribution in [3.8, 4) is 5.75 Å². The van der Waals surface area contributed by atoms with Crippen LogP contribution in [-0.2, 0) is 34.4 Å². The number of hydrogen-bond donors (Lipinski definition) is 1. The van der Waals surface area contributed by atoms with E-state index in [0.29, 0.717) is 29.3 Å². The van der Waals surface area contributed by atoms with Crippen LogP contribution < -0.4 is 9.46 Å². The molecular formula is C28H36N4O5S2. The Labute approximate surface area is 235 Å². The van der Waals surface area contributed by atoms with Crippen molar-refractivity contribution in [1.29, 1.82) is 0 Å². The molecule has 2 amide bonds. The van der Waals surface area contributed by atoms with Crippen molar-refractivity contribution in [1.82, 2.24) is 18.9 Å². The summed E-state index contributed by atoms with van der Waals surface area (Å²) in [6.45, 7) is 2.52. The molecule has 1 N–H and O–H groups in total. The van der Waals surface area contributed by atoms with Crippen LogP contribution in [0, 0.1) is 6.92 Å². The van der Waals surface area contributed by atoms with Crippen molar-refractivity contribution >= 4 is 33.4 Å². The second-order valence-electron chi connectivity index (χ2n) is 9.34. The summed E-state index contributed by atoms with van der Waals surface area (Å²) in [5, 5.41) is 0.586. The summed E-state index contributed by atoms with van der Waals surface area (Å²) >= 11 is 1.29. The van der Waals surface area contributed by atoms with Crippen LogP contribution in [0.1, 0.15) is 50.8 Å². The molecule has 0 saturated carbocycles. The number of aryl methyl sites for hydroxylation is 3. The number of hydrogen-bond acceptors (Lipinski definition) is 7. The fourth-order valence-corrected chi connectivity index (χ4v) is 5.41. The van der Waals surface area contributed by atoms with Gasteiger partial charge in [0, 0.05) is 31.9 Å². The van der Waals surface area contributed by atoms with Gasteiger partial charge in [-0.3, -0.25) is 9.59 Å². The van der Waals surface area contributed by atoms with Gasteiger partial charge in [0.15, 0.2) is 0 Å². The molecular weight excluding hydrogens is 536 g/mol. The molecule has 210 valence electrons. The average Bonchev–Trinajstić information content (AvgIpc) is 3.28. The van der Waals surface area contributed by atoms with Gasteiger partial charge in [-0.05, 0) is 55.9 Å². The van der Waals surface area contributed by atoms with Crippen LogP contribution in [0.3, 0.4) is 0 Å². The lowest BCUT2D eigenvalue weighted by molar-refractivity contribution is -0.132. The van der Waals surface area contributed by atoms with Crippen LogP contribution in [0.25, 0.3) is 0 Å². The molecule has 0 saturated heterocycles. The van der Waals surface area contributed by atoms with Gasteiger partial charge in [0.25, 0.3) is 5.91 Å². The smallest absolute Gasteiger partial charge is 0.303 e.